The Bertz CT molecular complexity index is 409. The molecular formula is C14H21NO4. The first-order chi connectivity index (χ1) is 9.31. The summed E-state index contributed by atoms with van der Waals surface area (Å²) in [5.41, 5.74) is 7.54. The summed E-state index contributed by atoms with van der Waals surface area (Å²) in [5.74, 6) is 1.44. The average Bonchev–Trinajstić information content (AvgIpc) is 2.43. The normalized spacial score (nSPS) is 13.5. The zero-order chi connectivity index (χ0) is 13.5. The van der Waals surface area contributed by atoms with E-state index in [9.17, 15) is 0 Å². The lowest BCUT2D eigenvalue weighted by Gasteiger charge is -2.20. The maximum Gasteiger partial charge on any atom is 0.163 e. The SMILES string of the molecule is CCCOCCOCc1cc2c(cc1N)OCCO2. The van der Waals surface area contributed by atoms with Crippen LogP contribution in [0.25, 0.3) is 0 Å². The highest BCUT2D eigenvalue weighted by molar-refractivity contribution is 5.58. The number of hydrogen-bond acceptors (Lipinski definition) is 5. The molecule has 0 radical (unpaired) electrons. The molecule has 19 heavy (non-hydrogen) atoms. The van der Waals surface area contributed by atoms with Crippen molar-refractivity contribution in [2.45, 2.75) is 20.0 Å². The average molecular weight is 267 g/mol. The lowest BCUT2D eigenvalue weighted by Crippen LogP contribution is -2.16. The number of ether oxygens (including phenoxy) is 4. The van der Waals surface area contributed by atoms with E-state index < -0.39 is 0 Å². The molecule has 0 unspecified atom stereocenters. The third kappa shape index (κ3) is 4.01. The summed E-state index contributed by atoms with van der Waals surface area (Å²) >= 11 is 0. The number of fused-ring (bicyclic) bond motifs is 1. The Labute approximate surface area is 113 Å². The molecule has 0 aromatic heterocycles. The van der Waals surface area contributed by atoms with Gasteiger partial charge in [-0.1, -0.05) is 6.92 Å². The molecule has 0 spiro atoms. The number of rotatable bonds is 7. The Morgan fingerprint density at radius 2 is 1.74 bits per heavy atom. The summed E-state index contributed by atoms with van der Waals surface area (Å²) in [6, 6.07) is 3.68. The standard InChI is InChI=1S/C14H21NO4/c1-2-3-16-4-5-17-10-11-8-13-14(9-12(11)15)19-7-6-18-13/h8-9H,2-7,10,15H2,1H3. The van der Waals surface area contributed by atoms with Crippen molar-refractivity contribution in [2.24, 2.45) is 0 Å². The Hall–Kier alpha value is -1.46. The largest absolute Gasteiger partial charge is 0.486 e. The molecule has 1 aliphatic heterocycles. The molecule has 0 bridgehead atoms. The lowest BCUT2D eigenvalue weighted by molar-refractivity contribution is 0.0409. The quantitative estimate of drug-likeness (QED) is 0.604. The highest BCUT2D eigenvalue weighted by Gasteiger charge is 2.14. The van der Waals surface area contributed by atoms with Crippen molar-refractivity contribution in [3.05, 3.63) is 17.7 Å². The van der Waals surface area contributed by atoms with Crippen molar-refractivity contribution >= 4 is 5.69 Å². The van der Waals surface area contributed by atoms with Gasteiger partial charge in [0.05, 0.1) is 19.8 Å². The number of nitrogen functional groups attached to an aromatic ring is 1. The molecule has 0 saturated heterocycles. The van der Waals surface area contributed by atoms with Crippen LogP contribution >= 0.6 is 0 Å². The maximum atomic E-state index is 5.96. The van der Waals surface area contributed by atoms with Crippen LogP contribution in [0.5, 0.6) is 11.5 Å². The topological polar surface area (TPSA) is 62.9 Å². The first-order valence-electron chi connectivity index (χ1n) is 6.64. The van der Waals surface area contributed by atoms with Crippen LogP contribution in [0.4, 0.5) is 5.69 Å². The molecule has 106 valence electrons. The van der Waals surface area contributed by atoms with Crippen LogP contribution in [0.3, 0.4) is 0 Å². The Balaban J connectivity index is 1.83. The van der Waals surface area contributed by atoms with E-state index in [1.165, 1.54) is 0 Å². The molecular weight excluding hydrogens is 246 g/mol. The van der Waals surface area contributed by atoms with Crippen LogP contribution in [-0.4, -0.2) is 33.0 Å². The zero-order valence-corrected chi connectivity index (χ0v) is 11.3. The Morgan fingerprint density at radius 1 is 1.05 bits per heavy atom. The molecule has 0 atom stereocenters. The van der Waals surface area contributed by atoms with Crippen molar-refractivity contribution in [2.75, 3.05) is 38.8 Å². The minimum absolute atomic E-state index is 0.456. The Morgan fingerprint density at radius 3 is 2.47 bits per heavy atom. The highest BCUT2D eigenvalue weighted by atomic mass is 16.6. The summed E-state index contributed by atoms with van der Waals surface area (Å²) in [4.78, 5) is 0. The molecule has 1 aromatic carbocycles. The zero-order valence-electron chi connectivity index (χ0n) is 11.3. The second-order valence-electron chi connectivity index (χ2n) is 4.36. The van der Waals surface area contributed by atoms with E-state index in [1.54, 1.807) is 6.07 Å². The fourth-order valence-corrected chi connectivity index (χ4v) is 1.82. The van der Waals surface area contributed by atoms with Crippen molar-refractivity contribution < 1.29 is 18.9 Å². The molecule has 2 rings (SSSR count). The number of benzene rings is 1. The van der Waals surface area contributed by atoms with E-state index in [1.807, 2.05) is 6.07 Å². The third-order valence-electron chi connectivity index (χ3n) is 2.78. The smallest absolute Gasteiger partial charge is 0.163 e. The Kier molecular flexibility index (Phi) is 5.30. The van der Waals surface area contributed by atoms with Gasteiger partial charge in [-0.25, -0.2) is 0 Å². The van der Waals surface area contributed by atoms with Gasteiger partial charge in [-0.3, -0.25) is 0 Å². The first kappa shape index (κ1) is 14.0. The van der Waals surface area contributed by atoms with Crippen LogP contribution in [0.15, 0.2) is 12.1 Å². The van der Waals surface area contributed by atoms with Gasteiger partial charge in [-0.15, -0.1) is 0 Å². The van der Waals surface area contributed by atoms with E-state index in [0.29, 0.717) is 44.5 Å². The summed E-state index contributed by atoms with van der Waals surface area (Å²) in [7, 11) is 0. The summed E-state index contributed by atoms with van der Waals surface area (Å²) in [6.07, 6.45) is 1.02. The minimum Gasteiger partial charge on any atom is -0.486 e. The minimum atomic E-state index is 0.456. The molecule has 5 heteroatoms. The van der Waals surface area contributed by atoms with Crippen LogP contribution in [0.1, 0.15) is 18.9 Å². The van der Waals surface area contributed by atoms with Crippen molar-refractivity contribution in [3.63, 3.8) is 0 Å². The maximum absolute atomic E-state index is 5.96. The van der Waals surface area contributed by atoms with E-state index in [4.69, 9.17) is 24.7 Å². The fourth-order valence-electron chi connectivity index (χ4n) is 1.82. The molecule has 0 fully saturated rings. The van der Waals surface area contributed by atoms with Crippen LogP contribution in [0, 0.1) is 0 Å². The van der Waals surface area contributed by atoms with Crippen molar-refractivity contribution in [1.82, 2.24) is 0 Å². The molecule has 0 amide bonds. The first-order valence-corrected chi connectivity index (χ1v) is 6.64. The van der Waals surface area contributed by atoms with E-state index in [0.717, 1.165) is 24.3 Å². The fraction of sp³-hybridized carbons (Fsp3) is 0.571. The van der Waals surface area contributed by atoms with Gasteiger partial charge in [0.1, 0.15) is 13.2 Å². The monoisotopic (exact) mass is 267 g/mol. The van der Waals surface area contributed by atoms with Crippen molar-refractivity contribution in [3.8, 4) is 11.5 Å². The molecule has 2 N–H and O–H groups in total. The van der Waals surface area contributed by atoms with Gasteiger partial charge < -0.3 is 24.7 Å². The van der Waals surface area contributed by atoms with E-state index >= 15 is 0 Å². The molecule has 1 heterocycles. The van der Waals surface area contributed by atoms with Gasteiger partial charge >= 0.3 is 0 Å². The van der Waals surface area contributed by atoms with Crippen LogP contribution in [0.2, 0.25) is 0 Å². The molecule has 5 nitrogen and oxygen atoms in total. The predicted octanol–water partition coefficient (Wildman–Crippen LogP) is 1.98. The molecule has 0 saturated carbocycles. The second kappa shape index (κ2) is 7.21. The van der Waals surface area contributed by atoms with Gasteiger partial charge in [0, 0.05) is 23.9 Å². The summed E-state index contributed by atoms with van der Waals surface area (Å²) in [5, 5.41) is 0. The number of hydrogen-bond donors (Lipinski definition) is 1. The predicted molar refractivity (Wildman–Crippen MR) is 72.6 cm³/mol. The molecule has 1 aromatic rings. The van der Waals surface area contributed by atoms with Crippen LogP contribution in [-0.2, 0) is 16.1 Å². The summed E-state index contributed by atoms with van der Waals surface area (Å²) in [6.45, 7) is 5.62. The van der Waals surface area contributed by atoms with E-state index in [-0.39, 0.29) is 0 Å². The van der Waals surface area contributed by atoms with Crippen molar-refractivity contribution in [1.29, 1.82) is 0 Å². The third-order valence-corrected chi connectivity index (χ3v) is 2.78. The summed E-state index contributed by atoms with van der Waals surface area (Å²) < 4.78 is 21.9. The second-order valence-corrected chi connectivity index (χ2v) is 4.36. The van der Waals surface area contributed by atoms with Crippen LogP contribution < -0.4 is 15.2 Å². The van der Waals surface area contributed by atoms with Gasteiger partial charge in [-0.2, -0.15) is 0 Å². The van der Waals surface area contributed by atoms with E-state index in [2.05, 4.69) is 6.92 Å². The van der Waals surface area contributed by atoms with Gasteiger partial charge in [-0.05, 0) is 12.5 Å². The number of anilines is 1. The lowest BCUT2D eigenvalue weighted by atomic mass is 10.1. The van der Waals surface area contributed by atoms with Gasteiger partial charge in [0.25, 0.3) is 0 Å². The van der Waals surface area contributed by atoms with Gasteiger partial charge in [0.2, 0.25) is 0 Å². The number of nitrogens with two attached hydrogens (primary N) is 1. The van der Waals surface area contributed by atoms with Gasteiger partial charge in [0.15, 0.2) is 11.5 Å². The molecule has 0 aliphatic carbocycles. The molecule has 1 aliphatic rings. The highest BCUT2D eigenvalue weighted by Crippen LogP contribution is 2.34.